The Hall–Kier alpha value is -7.42. The second-order valence-corrected chi connectivity index (χ2v) is 19.7. The van der Waals surface area contributed by atoms with Crippen LogP contribution in [0.2, 0.25) is 0 Å². The summed E-state index contributed by atoms with van der Waals surface area (Å²) in [6.45, 7) is 0. The number of hydrogen-bond acceptors (Lipinski definition) is 2. The number of fused-ring (bicyclic) bond motifs is 6. The van der Waals surface area contributed by atoms with Crippen molar-refractivity contribution < 1.29 is 4.42 Å². The van der Waals surface area contributed by atoms with Gasteiger partial charge in [-0.15, -0.1) is 0 Å². The standard InChI is InChI=1S/C64H49NO/c1-2-11-43(12-3-1)44-21-26-51(27-22-44)65(53-30-31-58-57-18-7-9-20-62(57)66-63(58)40-53)52-28-23-45(24-29-52)46-13-10-14-47(38-46)54-15-4-5-16-55(54)48-25-32-61-59(39-48)56-17-6-8-19-60(56)64(61)49-34-41-33-42(36-49)37-50(64)35-41/h1-32,38-42,49-50H,33-37H2. The van der Waals surface area contributed by atoms with Crippen LogP contribution in [0.1, 0.15) is 43.2 Å². The normalized spacial score (nSPS) is 21.1. The second-order valence-electron chi connectivity index (χ2n) is 19.7. The molecule has 0 aliphatic heterocycles. The van der Waals surface area contributed by atoms with Crippen LogP contribution < -0.4 is 4.90 Å². The summed E-state index contributed by atoms with van der Waals surface area (Å²) in [5.41, 5.74) is 21.2. The smallest absolute Gasteiger partial charge is 0.137 e. The third kappa shape index (κ3) is 5.80. The van der Waals surface area contributed by atoms with Gasteiger partial charge in [-0.3, -0.25) is 0 Å². The topological polar surface area (TPSA) is 16.4 Å². The first kappa shape index (κ1) is 37.9. The van der Waals surface area contributed by atoms with Gasteiger partial charge in [-0.1, -0.05) is 152 Å². The van der Waals surface area contributed by atoms with Crippen LogP contribution in [0.25, 0.3) is 77.6 Å². The Balaban J connectivity index is 0.813. The molecule has 5 aliphatic rings. The SMILES string of the molecule is c1ccc(-c2ccc(N(c3ccc(-c4cccc(-c5ccccc5-c5ccc6c(c5)-c5ccccc5C65C6CC7CC(C6)CC5C7)c4)cc3)c3ccc4c(c3)oc3ccccc34)cc2)cc1. The summed E-state index contributed by atoms with van der Waals surface area (Å²) in [4.78, 5) is 2.33. The molecule has 0 unspecified atom stereocenters. The molecular formula is C64H49NO. The number of hydrogen-bond donors (Lipinski definition) is 0. The first-order valence-electron chi connectivity index (χ1n) is 24.1. The Morgan fingerprint density at radius 1 is 0.333 bits per heavy atom. The fourth-order valence-electron chi connectivity index (χ4n) is 13.7. The Bertz CT molecular complexity index is 3460. The van der Waals surface area contributed by atoms with Gasteiger partial charge in [0.2, 0.25) is 0 Å². The maximum Gasteiger partial charge on any atom is 0.137 e. The summed E-state index contributed by atoms with van der Waals surface area (Å²) < 4.78 is 6.40. The van der Waals surface area contributed by atoms with Gasteiger partial charge < -0.3 is 9.32 Å². The summed E-state index contributed by atoms with van der Waals surface area (Å²) in [6.07, 6.45) is 7.11. The zero-order valence-electron chi connectivity index (χ0n) is 36.9. The van der Waals surface area contributed by atoms with E-state index in [1.54, 1.807) is 11.1 Å². The quantitative estimate of drug-likeness (QED) is 0.159. The molecule has 66 heavy (non-hydrogen) atoms. The van der Waals surface area contributed by atoms with Crippen LogP contribution in [0, 0.1) is 23.7 Å². The van der Waals surface area contributed by atoms with Gasteiger partial charge in [-0.05, 0) is 177 Å². The lowest BCUT2D eigenvalue weighted by molar-refractivity contribution is -0.0399. The number of para-hydroxylation sites is 1. The Kier molecular flexibility index (Phi) is 8.50. The molecule has 4 saturated carbocycles. The van der Waals surface area contributed by atoms with Crippen molar-refractivity contribution in [3.05, 3.63) is 223 Å². The van der Waals surface area contributed by atoms with Crippen molar-refractivity contribution >= 4 is 39.0 Å². The van der Waals surface area contributed by atoms with E-state index in [0.29, 0.717) is 0 Å². The molecule has 1 heterocycles. The maximum atomic E-state index is 6.40. The third-order valence-electron chi connectivity index (χ3n) is 16.3. The molecule has 1 spiro atoms. The van der Waals surface area contributed by atoms with E-state index in [1.807, 2.05) is 12.1 Å². The van der Waals surface area contributed by atoms with Crippen LogP contribution >= 0.6 is 0 Å². The van der Waals surface area contributed by atoms with Crippen molar-refractivity contribution in [1.29, 1.82) is 0 Å². The van der Waals surface area contributed by atoms with Crippen LogP contribution in [-0.4, -0.2) is 0 Å². The number of benzene rings is 9. The van der Waals surface area contributed by atoms with Crippen molar-refractivity contribution in [1.82, 2.24) is 0 Å². The fraction of sp³-hybridized carbons (Fsp3) is 0.156. The minimum atomic E-state index is 0.188. The molecule has 0 saturated heterocycles. The molecule has 0 amide bonds. The molecule has 1 aromatic heterocycles. The van der Waals surface area contributed by atoms with E-state index in [0.717, 1.165) is 62.7 Å². The molecule has 4 bridgehead atoms. The van der Waals surface area contributed by atoms with Crippen molar-refractivity contribution in [3.8, 4) is 55.6 Å². The van der Waals surface area contributed by atoms with E-state index in [1.165, 1.54) is 87.7 Å². The summed E-state index contributed by atoms with van der Waals surface area (Å²) in [5.74, 6) is 3.43. The van der Waals surface area contributed by atoms with Crippen molar-refractivity contribution in [2.75, 3.05) is 4.90 Å². The minimum absolute atomic E-state index is 0.188. The Morgan fingerprint density at radius 2 is 0.848 bits per heavy atom. The number of nitrogens with zero attached hydrogens (tertiary/aromatic N) is 1. The van der Waals surface area contributed by atoms with Crippen molar-refractivity contribution in [2.24, 2.45) is 23.7 Å². The highest BCUT2D eigenvalue weighted by Gasteiger charge is 2.61. The van der Waals surface area contributed by atoms with E-state index < -0.39 is 0 Å². The third-order valence-corrected chi connectivity index (χ3v) is 16.3. The Morgan fingerprint density at radius 3 is 1.58 bits per heavy atom. The average Bonchev–Trinajstić information content (AvgIpc) is 3.89. The van der Waals surface area contributed by atoms with Crippen LogP contribution in [0.3, 0.4) is 0 Å². The molecular weight excluding hydrogens is 799 g/mol. The lowest BCUT2D eigenvalue weighted by Gasteiger charge is -2.61. The fourth-order valence-corrected chi connectivity index (χ4v) is 13.7. The highest BCUT2D eigenvalue weighted by atomic mass is 16.3. The minimum Gasteiger partial charge on any atom is -0.456 e. The summed E-state index contributed by atoms with van der Waals surface area (Å²) in [6, 6.07) is 78.5. The number of anilines is 3. The molecule has 2 nitrogen and oxygen atoms in total. The van der Waals surface area contributed by atoms with Crippen LogP contribution in [0.5, 0.6) is 0 Å². The molecule has 0 atom stereocenters. The predicted octanol–water partition coefficient (Wildman–Crippen LogP) is 17.4. The van der Waals surface area contributed by atoms with Crippen molar-refractivity contribution in [3.63, 3.8) is 0 Å². The molecule has 4 fully saturated rings. The van der Waals surface area contributed by atoms with Gasteiger partial charge in [0, 0.05) is 39.3 Å². The van der Waals surface area contributed by atoms with Gasteiger partial charge in [0.15, 0.2) is 0 Å². The zero-order valence-corrected chi connectivity index (χ0v) is 36.9. The van der Waals surface area contributed by atoms with E-state index >= 15 is 0 Å². The van der Waals surface area contributed by atoms with E-state index in [4.69, 9.17) is 4.42 Å². The van der Waals surface area contributed by atoms with E-state index in [9.17, 15) is 0 Å². The Labute approximate surface area is 386 Å². The first-order chi connectivity index (χ1) is 32.7. The first-order valence-corrected chi connectivity index (χ1v) is 24.1. The van der Waals surface area contributed by atoms with Crippen molar-refractivity contribution in [2.45, 2.75) is 37.5 Å². The molecule has 2 heteroatoms. The van der Waals surface area contributed by atoms with Gasteiger partial charge in [-0.2, -0.15) is 0 Å². The number of furan rings is 1. The highest BCUT2D eigenvalue weighted by molar-refractivity contribution is 6.06. The summed E-state index contributed by atoms with van der Waals surface area (Å²) in [5, 5.41) is 2.26. The zero-order chi connectivity index (χ0) is 43.3. The van der Waals surface area contributed by atoms with E-state index in [2.05, 4.69) is 205 Å². The molecule has 10 aromatic rings. The average molecular weight is 848 g/mol. The largest absolute Gasteiger partial charge is 0.456 e. The summed E-state index contributed by atoms with van der Waals surface area (Å²) >= 11 is 0. The molecule has 316 valence electrons. The monoisotopic (exact) mass is 847 g/mol. The van der Waals surface area contributed by atoms with Gasteiger partial charge >= 0.3 is 0 Å². The summed E-state index contributed by atoms with van der Waals surface area (Å²) in [7, 11) is 0. The van der Waals surface area contributed by atoms with Gasteiger partial charge in [-0.25, -0.2) is 0 Å². The molecule has 0 radical (unpaired) electrons. The van der Waals surface area contributed by atoms with Gasteiger partial charge in [0.25, 0.3) is 0 Å². The van der Waals surface area contributed by atoms with Crippen LogP contribution in [0.15, 0.2) is 217 Å². The molecule has 9 aromatic carbocycles. The highest BCUT2D eigenvalue weighted by Crippen LogP contribution is 2.69. The van der Waals surface area contributed by atoms with Gasteiger partial charge in [0.05, 0.1) is 0 Å². The lowest BCUT2D eigenvalue weighted by Crippen LogP contribution is -2.55. The molecule has 0 N–H and O–H groups in total. The second kappa shape index (κ2) is 14.8. The maximum absolute atomic E-state index is 6.40. The molecule has 15 rings (SSSR count). The lowest BCUT2D eigenvalue weighted by atomic mass is 9.43. The van der Waals surface area contributed by atoms with Gasteiger partial charge in [0.1, 0.15) is 11.2 Å². The molecule has 5 aliphatic carbocycles. The number of rotatable bonds is 7. The predicted molar refractivity (Wildman–Crippen MR) is 273 cm³/mol. The van der Waals surface area contributed by atoms with Crippen LogP contribution in [0.4, 0.5) is 17.1 Å². The van der Waals surface area contributed by atoms with Crippen LogP contribution in [-0.2, 0) is 5.41 Å². The van der Waals surface area contributed by atoms with E-state index in [-0.39, 0.29) is 5.41 Å².